The van der Waals surface area contributed by atoms with Gasteiger partial charge in [0.05, 0.1) is 13.2 Å². The summed E-state index contributed by atoms with van der Waals surface area (Å²) in [5.41, 5.74) is 9.15. The number of nitrogen functional groups attached to an aromatic ring is 1. The van der Waals surface area contributed by atoms with Crippen molar-refractivity contribution in [1.29, 1.82) is 0 Å². The quantitative estimate of drug-likeness (QED) is 0.369. The largest absolute Gasteiger partial charge is 0.482 e. The summed E-state index contributed by atoms with van der Waals surface area (Å²) in [4.78, 5) is 18.8. The van der Waals surface area contributed by atoms with E-state index in [1.807, 2.05) is 37.3 Å². The molecule has 1 fully saturated rings. The first-order valence-electron chi connectivity index (χ1n) is 11.7. The zero-order valence-electron chi connectivity index (χ0n) is 20.0. The molecule has 8 nitrogen and oxygen atoms in total. The summed E-state index contributed by atoms with van der Waals surface area (Å²) in [6.45, 7) is 6.49. The number of hydrogen-bond donors (Lipinski definition) is 3. The zero-order chi connectivity index (χ0) is 25.5. The highest BCUT2D eigenvalue weighted by Crippen LogP contribution is 2.35. The monoisotopic (exact) mass is 529 g/mol. The molecule has 190 valence electrons. The van der Waals surface area contributed by atoms with Gasteiger partial charge in [-0.15, -0.1) is 0 Å². The molecule has 1 aliphatic rings. The molecule has 1 aliphatic heterocycles. The van der Waals surface area contributed by atoms with Crippen molar-refractivity contribution in [2.24, 2.45) is 0 Å². The minimum absolute atomic E-state index is 0.243. The van der Waals surface area contributed by atoms with Gasteiger partial charge in [-0.2, -0.15) is 0 Å². The van der Waals surface area contributed by atoms with E-state index in [4.69, 9.17) is 38.4 Å². The molecule has 0 bridgehead atoms. The van der Waals surface area contributed by atoms with Crippen LogP contribution in [-0.2, 0) is 4.74 Å². The van der Waals surface area contributed by atoms with Gasteiger partial charge in [-0.05, 0) is 42.8 Å². The van der Waals surface area contributed by atoms with Crippen LogP contribution in [0.2, 0.25) is 10.0 Å². The molecule has 1 aromatic heterocycles. The van der Waals surface area contributed by atoms with Gasteiger partial charge in [0.15, 0.2) is 11.6 Å². The van der Waals surface area contributed by atoms with Crippen LogP contribution in [0, 0.1) is 0 Å². The second-order valence-corrected chi connectivity index (χ2v) is 9.23. The summed E-state index contributed by atoms with van der Waals surface area (Å²) < 4.78 is 11.4. The average Bonchev–Trinajstić information content (AvgIpc) is 2.86. The lowest BCUT2D eigenvalue weighted by Crippen LogP contribution is -2.42. The molecule has 1 saturated heterocycles. The smallest absolute Gasteiger partial charge is 0.319 e. The molecular weight excluding hydrogens is 501 g/mol. The van der Waals surface area contributed by atoms with Gasteiger partial charge in [0.2, 0.25) is 0 Å². The van der Waals surface area contributed by atoms with Gasteiger partial charge in [-0.3, -0.25) is 4.90 Å². The number of morpholine rings is 1. The molecule has 2 amide bonds. The Morgan fingerprint density at radius 1 is 1.14 bits per heavy atom. The van der Waals surface area contributed by atoms with Crippen LogP contribution >= 0.6 is 23.2 Å². The topological polar surface area (TPSA) is 102 Å². The maximum Gasteiger partial charge on any atom is 0.319 e. The Kier molecular flexibility index (Phi) is 8.88. The van der Waals surface area contributed by atoms with E-state index in [9.17, 15) is 4.79 Å². The number of nitrogens with one attached hydrogen (secondary N) is 2. The number of aromatic nitrogens is 1. The fourth-order valence-electron chi connectivity index (χ4n) is 3.93. The van der Waals surface area contributed by atoms with Crippen LogP contribution in [0.1, 0.15) is 18.6 Å². The molecule has 4 rings (SSSR count). The number of carbonyl (C=O) groups excluding carboxylic acids is 1. The zero-order valence-corrected chi connectivity index (χ0v) is 21.5. The minimum Gasteiger partial charge on any atom is -0.482 e. The van der Waals surface area contributed by atoms with E-state index >= 15 is 0 Å². The van der Waals surface area contributed by atoms with E-state index in [-0.39, 0.29) is 11.8 Å². The fourth-order valence-corrected chi connectivity index (χ4v) is 4.63. The van der Waals surface area contributed by atoms with Gasteiger partial charge in [-0.25, -0.2) is 9.78 Å². The van der Waals surface area contributed by atoms with Crippen molar-refractivity contribution in [1.82, 2.24) is 15.2 Å². The van der Waals surface area contributed by atoms with Crippen LogP contribution in [0.25, 0.3) is 11.1 Å². The molecule has 36 heavy (non-hydrogen) atoms. The summed E-state index contributed by atoms with van der Waals surface area (Å²) in [6.07, 6.45) is 1.25. The predicted molar refractivity (Wildman–Crippen MR) is 144 cm³/mol. The third-order valence-electron chi connectivity index (χ3n) is 5.89. The highest BCUT2D eigenvalue weighted by molar-refractivity contribution is 6.36. The number of pyridine rings is 1. The van der Waals surface area contributed by atoms with Gasteiger partial charge in [-0.1, -0.05) is 41.4 Å². The summed E-state index contributed by atoms with van der Waals surface area (Å²) in [5.74, 6) is 0.693. The molecule has 3 aromatic rings. The number of halogens is 2. The number of anilines is 2. The van der Waals surface area contributed by atoms with Crippen molar-refractivity contribution < 1.29 is 14.3 Å². The van der Waals surface area contributed by atoms with E-state index in [0.29, 0.717) is 33.6 Å². The maximum absolute atomic E-state index is 12.2. The Morgan fingerprint density at radius 2 is 1.83 bits per heavy atom. The van der Waals surface area contributed by atoms with Crippen molar-refractivity contribution >= 4 is 40.7 Å². The minimum atomic E-state index is -0.432. The number of carbonyl (C=O) groups is 1. The Labute approximate surface area is 220 Å². The van der Waals surface area contributed by atoms with Crippen molar-refractivity contribution in [2.45, 2.75) is 13.0 Å². The molecule has 0 radical (unpaired) electrons. The standard InChI is InChI=1S/C26H29Cl2N5O3/c1-17(24-21(27)3-2-4-22(24)28)36-23-15-19(16-31-25(23)29)18-5-7-20(8-6-18)32-26(34)30-9-10-33-11-13-35-14-12-33/h2-8,15-17H,9-14H2,1H3,(H2,29,31)(H2,30,32,34). The third-order valence-corrected chi connectivity index (χ3v) is 6.54. The highest BCUT2D eigenvalue weighted by atomic mass is 35.5. The van der Waals surface area contributed by atoms with E-state index in [1.165, 1.54) is 0 Å². The van der Waals surface area contributed by atoms with Gasteiger partial charge < -0.3 is 25.8 Å². The molecular formula is C26H29Cl2N5O3. The summed E-state index contributed by atoms with van der Waals surface area (Å²) in [5, 5.41) is 6.78. The molecule has 1 atom stereocenters. The third kappa shape index (κ3) is 6.79. The summed E-state index contributed by atoms with van der Waals surface area (Å²) in [7, 11) is 0. The molecule has 1 unspecified atom stereocenters. The maximum atomic E-state index is 12.2. The van der Waals surface area contributed by atoms with Crippen molar-refractivity contribution in [3.8, 4) is 16.9 Å². The number of benzene rings is 2. The van der Waals surface area contributed by atoms with E-state index in [2.05, 4.69) is 20.5 Å². The predicted octanol–water partition coefficient (Wildman–Crippen LogP) is 5.23. The Morgan fingerprint density at radius 3 is 2.53 bits per heavy atom. The van der Waals surface area contributed by atoms with Crippen LogP contribution in [-0.4, -0.2) is 55.3 Å². The number of ether oxygens (including phenoxy) is 2. The van der Waals surface area contributed by atoms with Crippen LogP contribution < -0.4 is 21.1 Å². The fraction of sp³-hybridized carbons (Fsp3) is 0.308. The van der Waals surface area contributed by atoms with Gasteiger partial charge in [0.1, 0.15) is 6.10 Å². The van der Waals surface area contributed by atoms with E-state index in [1.54, 1.807) is 24.4 Å². The van der Waals surface area contributed by atoms with Crippen molar-refractivity contribution in [2.75, 3.05) is 50.4 Å². The number of hydrogen-bond acceptors (Lipinski definition) is 6. The summed E-state index contributed by atoms with van der Waals surface area (Å²) >= 11 is 12.6. The van der Waals surface area contributed by atoms with Crippen molar-refractivity contribution in [3.63, 3.8) is 0 Å². The second kappa shape index (κ2) is 12.3. The van der Waals surface area contributed by atoms with Crippen LogP contribution in [0.4, 0.5) is 16.3 Å². The van der Waals surface area contributed by atoms with Crippen LogP contribution in [0.15, 0.2) is 54.7 Å². The Balaban J connectivity index is 1.36. The number of rotatable bonds is 8. The lowest BCUT2D eigenvalue weighted by atomic mass is 10.1. The Hall–Kier alpha value is -3.04. The Bertz CT molecular complexity index is 1170. The first-order valence-corrected chi connectivity index (χ1v) is 12.5. The van der Waals surface area contributed by atoms with Gasteiger partial charge >= 0.3 is 6.03 Å². The number of nitrogens with two attached hydrogens (primary N) is 1. The van der Waals surface area contributed by atoms with E-state index in [0.717, 1.165) is 44.0 Å². The molecule has 2 heterocycles. The normalized spacial score (nSPS) is 14.8. The molecule has 2 aromatic carbocycles. The van der Waals surface area contributed by atoms with Crippen LogP contribution in [0.3, 0.4) is 0 Å². The molecule has 10 heteroatoms. The highest BCUT2D eigenvalue weighted by Gasteiger charge is 2.17. The molecule has 4 N–H and O–H groups in total. The molecule has 0 saturated carbocycles. The van der Waals surface area contributed by atoms with Gasteiger partial charge in [0.25, 0.3) is 0 Å². The lowest BCUT2D eigenvalue weighted by Gasteiger charge is -2.26. The number of nitrogens with zero attached hydrogens (tertiary/aromatic N) is 2. The van der Waals surface area contributed by atoms with Crippen molar-refractivity contribution in [3.05, 3.63) is 70.3 Å². The lowest BCUT2D eigenvalue weighted by molar-refractivity contribution is 0.0388. The molecule has 0 aliphatic carbocycles. The number of urea groups is 1. The molecule has 0 spiro atoms. The first kappa shape index (κ1) is 26.0. The van der Waals surface area contributed by atoms with Gasteiger partial charge in [0, 0.05) is 59.2 Å². The van der Waals surface area contributed by atoms with Crippen LogP contribution in [0.5, 0.6) is 5.75 Å². The average molecular weight is 530 g/mol. The number of amides is 2. The van der Waals surface area contributed by atoms with E-state index < -0.39 is 6.10 Å². The summed E-state index contributed by atoms with van der Waals surface area (Å²) in [6, 6.07) is 14.4. The SMILES string of the molecule is CC(Oc1cc(-c2ccc(NC(=O)NCCN3CCOCC3)cc2)cnc1N)c1c(Cl)cccc1Cl. The second-order valence-electron chi connectivity index (χ2n) is 8.42. The first-order chi connectivity index (χ1) is 17.4.